The van der Waals surface area contributed by atoms with Crippen LogP contribution in [0.2, 0.25) is 0 Å². The summed E-state index contributed by atoms with van der Waals surface area (Å²) >= 11 is 0. The lowest BCUT2D eigenvalue weighted by atomic mass is 10.0. The van der Waals surface area contributed by atoms with Gasteiger partial charge in [-0.1, -0.05) is 6.07 Å². The van der Waals surface area contributed by atoms with Crippen molar-refractivity contribution >= 4 is 15.9 Å². The molecule has 1 amide bonds. The molecular formula is C21H26N2O6S. The molecule has 2 aromatic rings. The number of rotatable bonds is 8. The molecule has 9 heteroatoms. The van der Waals surface area contributed by atoms with Crippen molar-refractivity contribution < 1.29 is 27.4 Å². The van der Waals surface area contributed by atoms with E-state index in [0.29, 0.717) is 36.6 Å². The molecule has 162 valence electrons. The number of hydrogen-bond donors (Lipinski definition) is 1. The first-order valence-corrected chi connectivity index (χ1v) is 11.1. The quantitative estimate of drug-likeness (QED) is 0.681. The van der Waals surface area contributed by atoms with Gasteiger partial charge in [-0.2, -0.15) is 4.31 Å². The summed E-state index contributed by atoms with van der Waals surface area (Å²) in [4.78, 5) is 12.4. The third-order valence-electron chi connectivity index (χ3n) is 5.04. The van der Waals surface area contributed by atoms with Crippen molar-refractivity contribution in [3.05, 3.63) is 53.1 Å². The van der Waals surface area contributed by atoms with Gasteiger partial charge in [-0.25, -0.2) is 8.42 Å². The average Bonchev–Trinajstić information content (AvgIpc) is 2.77. The van der Waals surface area contributed by atoms with Crippen LogP contribution >= 0.6 is 0 Å². The lowest BCUT2D eigenvalue weighted by molar-refractivity contribution is 0.0955. The van der Waals surface area contributed by atoms with Crippen LogP contribution < -0.4 is 19.5 Å². The largest absolute Gasteiger partial charge is 0.497 e. The number of nitrogens with zero attached hydrogens (tertiary/aromatic N) is 1. The highest BCUT2D eigenvalue weighted by atomic mass is 32.2. The van der Waals surface area contributed by atoms with Crippen LogP contribution in [0.3, 0.4) is 0 Å². The molecule has 0 saturated carbocycles. The molecule has 1 aliphatic rings. The van der Waals surface area contributed by atoms with Crippen molar-refractivity contribution in [3.8, 4) is 17.2 Å². The van der Waals surface area contributed by atoms with Crippen molar-refractivity contribution in [1.29, 1.82) is 0 Å². The van der Waals surface area contributed by atoms with Gasteiger partial charge in [0.2, 0.25) is 10.0 Å². The number of sulfonamides is 1. The maximum Gasteiger partial charge on any atom is 0.251 e. The minimum Gasteiger partial charge on any atom is -0.497 e. The molecule has 1 aliphatic heterocycles. The highest BCUT2D eigenvalue weighted by Gasteiger charge is 2.26. The topological polar surface area (TPSA) is 94.2 Å². The molecule has 0 saturated heterocycles. The molecule has 1 N–H and O–H groups in total. The summed E-state index contributed by atoms with van der Waals surface area (Å²) in [5.74, 6) is 1.16. The monoisotopic (exact) mass is 434 g/mol. The summed E-state index contributed by atoms with van der Waals surface area (Å²) in [5.41, 5.74) is 2.41. The van der Waals surface area contributed by atoms with Crippen molar-refractivity contribution in [3.63, 3.8) is 0 Å². The molecule has 2 aromatic carbocycles. The first kappa shape index (κ1) is 21.9. The lowest BCUT2D eigenvalue weighted by Gasteiger charge is -2.28. The van der Waals surface area contributed by atoms with E-state index in [9.17, 15) is 13.2 Å². The molecule has 0 atom stereocenters. The SMILES string of the molecule is COc1cc(OC)cc(C(=O)NCCS(=O)(=O)N2CCc3cc(OC)ccc3C2)c1. The minimum atomic E-state index is -3.51. The summed E-state index contributed by atoms with van der Waals surface area (Å²) in [7, 11) is 1.09. The maximum atomic E-state index is 12.7. The predicted molar refractivity (Wildman–Crippen MR) is 113 cm³/mol. The number of carbonyl (C=O) groups is 1. The normalized spacial score (nSPS) is 14.0. The molecule has 8 nitrogen and oxygen atoms in total. The molecule has 30 heavy (non-hydrogen) atoms. The van der Waals surface area contributed by atoms with Gasteiger partial charge in [0.05, 0.1) is 27.1 Å². The van der Waals surface area contributed by atoms with E-state index in [1.54, 1.807) is 25.3 Å². The number of fused-ring (bicyclic) bond motifs is 1. The fourth-order valence-corrected chi connectivity index (χ4v) is 4.65. The molecule has 0 bridgehead atoms. The molecule has 0 fully saturated rings. The second-order valence-electron chi connectivity index (χ2n) is 6.89. The molecule has 0 aliphatic carbocycles. The van der Waals surface area contributed by atoms with Crippen LogP contribution in [0, 0.1) is 0 Å². The number of nitrogens with one attached hydrogen (secondary N) is 1. The van der Waals surface area contributed by atoms with Gasteiger partial charge in [0.25, 0.3) is 5.91 Å². The van der Waals surface area contributed by atoms with Crippen molar-refractivity contribution in [2.24, 2.45) is 0 Å². The first-order valence-electron chi connectivity index (χ1n) is 9.51. The Morgan fingerprint density at radius 2 is 1.63 bits per heavy atom. The summed E-state index contributed by atoms with van der Waals surface area (Å²) in [6.45, 7) is 0.735. The molecule has 0 radical (unpaired) electrons. The van der Waals surface area contributed by atoms with Gasteiger partial charge in [0.15, 0.2) is 0 Å². The Morgan fingerprint density at radius 3 is 2.27 bits per heavy atom. The van der Waals surface area contributed by atoms with Gasteiger partial charge in [0, 0.05) is 31.3 Å². The van der Waals surface area contributed by atoms with Crippen LogP contribution in [0.4, 0.5) is 0 Å². The van der Waals surface area contributed by atoms with E-state index in [0.717, 1.165) is 16.9 Å². The van der Waals surface area contributed by atoms with Crippen molar-refractivity contribution in [2.45, 2.75) is 13.0 Å². The van der Waals surface area contributed by atoms with Gasteiger partial charge in [-0.15, -0.1) is 0 Å². The Morgan fingerprint density at radius 1 is 0.967 bits per heavy atom. The predicted octanol–water partition coefficient (Wildman–Crippen LogP) is 1.83. The zero-order valence-electron chi connectivity index (χ0n) is 17.3. The van der Waals surface area contributed by atoms with Crippen LogP contribution in [0.25, 0.3) is 0 Å². The van der Waals surface area contributed by atoms with Gasteiger partial charge in [-0.3, -0.25) is 4.79 Å². The highest BCUT2D eigenvalue weighted by molar-refractivity contribution is 7.89. The Bertz CT molecular complexity index is 1000. The highest BCUT2D eigenvalue weighted by Crippen LogP contribution is 2.25. The smallest absolute Gasteiger partial charge is 0.251 e. The van der Waals surface area contributed by atoms with E-state index in [1.807, 2.05) is 18.2 Å². The zero-order valence-corrected chi connectivity index (χ0v) is 18.1. The molecule has 0 unspecified atom stereocenters. The number of benzene rings is 2. The second-order valence-corrected chi connectivity index (χ2v) is 8.98. The summed E-state index contributed by atoms with van der Waals surface area (Å²) in [6.07, 6.45) is 0.627. The van der Waals surface area contributed by atoms with E-state index >= 15 is 0 Å². The molecular weight excluding hydrogens is 408 g/mol. The summed E-state index contributed by atoms with van der Waals surface area (Å²) < 4.78 is 42.5. The molecule has 1 heterocycles. The Balaban J connectivity index is 1.59. The van der Waals surface area contributed by atoms with Crippen LogP contribution in [0.1, 0.15) is 21.5 Å². The molecule has 0 aromatic heterocycles. The van der Waals surface area contributed by atoms with Crippen LogP contribution in [0.5, 0.6) is 17.2 Å². The van der Waals surface area contributed by atoms with E-state index in [-0.39, 0.29) is 12.3 Å². The second kappa shape index (κ2) is 9.36. The fraction of sp³-hybridized carbons (Fsp3) is 0.381. The average molecular weight is 435 g/mol. The first-order chi connectivity index (χ1) is 14.4. The maximum absolute atomic E-state index is 12.7. The third kappa shape index (κ3) is 5.03. The zero-order chi connectivity index (χ0) is 21.7. The van der Waals surface area contributed by atoms with Gasteiger partial charge >= 0.3 is 0 Å². The van der Waals surface area contributed by atoms with Crippen molar-refractivity contribution in [2.75, 3.05) is 40.2 Å². The Labute approximate surface area is 176 Å². The number of amides is 1. The van der Waals surface area contributed by atoms with E-state index in [1.165, 1.54) is 18.5 Å². The summed E-state index contributed by atoms with van der Waals surface area (Å²) in [6, 6.07) is 10.5. The van der Waals surface area contributed by atoms with Crippen LogP contribution in [-0.4, -0.2) is 58.8 Å². The molecule has 3 rings (SSSR count). The number of hydrogen-bond acceptors (Lipinski definition) is 6. The van der Waals surface area contributed by atoms with E-state index in [2.05, 4.69) is 5.32 Å². The van der Waals surface area contributed by atoms with E-state index in [4.69, 9.17) is 14.2 Å². The Hall–Kier alpha value is -2.78. The van der Waals surface area contributed by atoms with Gasteiger partial charge in [-0.05, 0) is 41.8 Å². The van der Waals surface area contributed by atoms with Gasteiger partial charge in [0.1, 0.15) is 17.2 Å². The number of carbonyl (C=O) groups excluding carboxylic acids is 1. The fourth-order valence-electron chi connectivity index (χ4n) is 3.33. The molecule has 0 spiro atoms. The van der Waals surface area contributed by atoms with Crippen molar-refractivity contribution in [1.82, 2.24) is 9.62 Å². The van der Waals surface area contributed by atoms with E-state index < -0.39 is 15.9 Å². The number of ether oxygens (including phenoxy) is 3. The van der Waals surface area contributed by atoms with Gasteiger partial charge < -0.3 is 19.5 Å². The van der Waals surface area contributed by atoms with Crippen LogP contribution in [0.15, 0.2) is 36.4 Å². The lowest BCUT2D eigenvalue weighted by Crippen LogP contribution is -2.40. The summed E-state index contributed by atoms with van der Waals surface area (Å²) in [5, 5.41) is 2.66. The standard InChI is InChI=1S/C21H26N2O6S/c1-27-18-5-4-16-14-23(8-6-15(16)10-18)30(25,26)9-7-22-21(24)17-11-19(28-2)13-20(12-17)29-3/h4-5,10-13H,6-9,14H2,1-3H3,(H,22,24). The number of methoxy groups -OCH3 is 3. The Kier molecular flexibility index (Phi) is 6.84. The third-order valence-corrected chi connectivity index (χ3v) is 6.86. The minimum absolute atomic E-state index is 0.00661. The van der Waals surface area contributed by atoms with Crippen LogP contribution in [-0.2, 0) is 23.0 Å².